The smallest absolute Gasteiger partial charge is 0.435 e. The molecule has 5 nitrogen and oxygen atoms in total. The van der Waals surface area contributed by atoms with E-state index in [1.165, 1.54) is 0 Å². The molecule has 3 atom stereocenters. The van der Waals surface area contributed by atoms with E-state index in [2.05, 4.69) is 0 Å². The quantitative estimate of drug-likeness (QED) is 0.557. The fraction of sp³-hybridized carbons (Fsp3) is 0.900. The van der Waals surface area contributed by atoms with Crippen LogP contribution in [0.15, 0.2) is 0 Å². The van der Waals surface area contributed by atoms with Crippen molar-refractivity contribution < 1.29 is 24.6 Å². The van der Waals surface area contributed by atoms with Gasteiger partial charge in [-0.15, -0.1) is 0 Å². The van der Waals surface area contributed by atoms with Gasteiger partial charge in [0.05, 0.1) is 13.2 Å². The molecule has 0 aromatic carbocycles. The summed E-state index contributed by atoms with van der Waals surface area (Å²) in [5.41, 5.74) is -0.531. The molecule has 1 heterocycles. The Morgan fingerprint density at radius 2 is 2.00 bits per heavy atom. The molecule has 0 spiro atoms. The molecule has 5 heteroatoms. The summed E-state index contributed by atoms with van der Waals surface area (Å²) < 4.78 is -0.259. The number of aliphatic hydroxyl groups is 2. The highest BCUT2D eigenvalue weighted by Gasteiger charge is 2.59. The summed E-state index contributed by atoms with van der Waals surface area (Å²) in [5.74, 6) is 0. The van der Waals surface area contributed by atoms with Crippen molar-refractivity contribution in [2.24, 2.45) is 0 Å². The van der Waals surface area contributed by atoms with Gasteiger partial charge in [-0.3, -0.25) is 0 Å². The standard InChI is InChI=1S/C10H19NO4/c1-10(2,3)11(9(14)15)5-4-8(13)7(11)6-12/h7-8,12-13H,4-6H2,1-3H3/p+1/t7-,8+,11?/m1/s1. The zero-order valence-electron chi connectivity index (χ0n) is 9.47. The van der Waals surface area contributed by atoms with Crippen LogP contribution in [0, 0.1) is 0 Å². The van der Waals surface area contributed by atoms with Crippen LogP contribution >= 0.6 is 0 Å². The minimum Gasteiger partial charge on any atom is -0.435 e. The van der Waals surface area contributed by atoms with E-state index in [4.69, 9.17) is 0 Å². The van der Waals surface area contributed by atoms with E-state index in [1.54, 1.807) is 0 Å². The summed E-state index contributed by atoms with van der Waals surface area (Å²) in [6.45, 7) is 5.53. The maximum Gasteiger partial charge on any atom is 0.514 e. The van der Waals surface area contributed by atoms with Crippen LogP contribution in [0.25, 0.3) is 0 Å². The van der Waals surface area contributed by atoms with Gasteiger partial charge < -0.3 is 15.3 Å². The van der Waals surface area contributed by atoms with Crippen molar-refractivity contribution in [1.29, 1.82) is 0 Å². The van der Waals surface area contributed by atoms with Crippen LogP contribution in [0.1, 0.15) is 27.2 Å². The first kappa shape index (κ1) is 12.4. The van der Waals surface area contributed by atoms with Crippen molar-refractivity contribution in [3.63, 3.8) is 0 Å². The fourth-order valence-corrected chi connectivity index (χ4v) is 2.61. The molecule has 1 saturated heterocycles. The van der Waals surface area contributed by atoms with Gasteiger partial charge in [0.25, 0.3) is 0 Å². The van der Waals surface area contributed by atoms with Gasteiger partial charge in [0.15, 0.2) is 0 Å². The van der Waals surface area contributed by atoms with E-state index >= 15 is 0 Å². The number of rotatable bonds is 1. The molecule has 1 aliphatic heterocycles. The van der Waals surface area contributed by atoms with Gasteiger partial charge >= 0.3 is 6.09 Å². The number of hydrogen-bond donors (Lipinski definition) is 3. The number of quaternary nitrogens is 1. The van der Waals surface area contributed by atoms with Crippen molar-refractivity contribution >= 4 is 6.09 Å². The Kier molecular flexibility index (Phi) is 3.09. The molecular formula is C10H20NO4+. The zero-order valence-corrected chi connectivity index (χ0v) is 9.47. The number of aliphatic hydroxyl groups excluding tert-OH is 2. The third-order valence-corrected chi connectivity index (χ3v) is 3.51. The van der Waals surface area contributed by atoms with E-state index in [0.29, 0.717) is 13.0 Å². The largest absolute Gasteiger partial charge is 0.514 e. The van der Waals surface area contributed by atoms with Crippen molar-refractivity contribution in [2.45, 2.75) is 44.9 Å². The Balaban J connectivity index is 3.18. The topological polar surface area (TPSA) is 77.8 Å². The molecule has 1 unspecified atom stereocenters. The number of carbonyl (C=O) groups is 1. The predicted molar refractivity (Wildman–Crippen MR) is 54.4 cm³/mol. The zero-order chi connectivity index (χ0) is 11.9. The first-order valence-corrected chi connectivity index (χ1v) is 5.17. The van der Waals surface area contributed by atoms with E-state index < -0.39 is 23.8 Å². The second-order valence-corrected chi connectivity index (χ2v) is 5.15. The average Bonchev–Trinajstić information content (AvgIpc) is 2.41. The predicted octanol–water partition coefficient (Wildman–Crippen LogP) is 0.405. The van der Waals surface area contributed by atoms with Gasteiger partial charge in [-0.1, -0.05) is 0 Å². The Hall–Kier alpha value is -0.650. The first-order chi connectivity index (χ1) is 6.77. The third kappa shape index (κ3) is 1.64. The van der Waals surface area contributed by atoms with E-state index in [9.17, 15) is 20.1 Å². The normalized spacial score (nSPS) is 36.9. The molecule has 1 rings (SSSR count). The second kappa shape index (κ2) is 3.73. The molecule has 1 fully saturated rings. The number of carboxylic acid groups (broad SMARTS) is 1. The van der Waals surface area contributed by atoms with Crippen molar-refractivity contribution in [2.75, 3.05) is 13.2 Å². The number of nitrogens with zero attached hydrogens (tertiary/aromatic N) is 1. The Bertz CT molecular complexity index is 261. The highest BCUT2D eigenvalue weighted by Crippen LogP contribution is 2.36. The molecule has 88 valence electrons. The molecule has 0 saturated carbocycles. The lowest BCUT2D eigenvalue weighted by atomic mass is 9.99. The fourth-order valence-electron chi connectivity index (χ4n) is 2.61. The maximum absolute atomic E-state index is 11.4. The summed E-state index contributed by atoms with van der Waals surface area (Å²) in [6, 6.07) is -0.623. The van der Waals surface area contributed by atoms with E-state index in [1.807, 2.05) is 20.8 Å². The Labute approximate surface area is 89.5 Å². The average molecular weight is 218 g/mol. The van der Waals surface area contributed by atoms with Crippen LogP contribution < -0.4 is 0 Å². The Morgan fingerprint density at radius 1 is 1.47 bits per heavy atom. The van der Waals surface area contributed by atoms with E-state index in [0.717, 1.165) is 0 Å². The van der Waals surface area contributed by atoms with Crippen LogP contribution in [0.3, 0.4) is 0 Å². The third-order valence-electron chi connectivity index (χ3n) is 3.51. The molecule has 0 aliphatic carbocycles. The van der Waals surface area contributed by atoms with E-state index in [-0.39, 0.29) is 11.1 Å². The number of hydrogen-bond acceptors (Lipinski definition) is 3. The van der Waals surface area contributed by atoms with Crippen LogP contribution in [0.2, 0.25) is 0 Å². The molecule has 0 bridgehead atoms. The maximum atomic E-state index is 11.4. The molecule has 0 aromatic heterocycles. The number of amides is 1. The molecule has 0 radical (unpaired) electrons. The monoisotopic (exact) mass is 218 g/mol. The van der Waals surface area contributed by atoms with Gasteiger partial charge in [0.2, 0.25) is 0 Å². The SMILES string of the molecule is CC(C)(C)[N+]1(C(=O)O)CC[C@H](O)[C@H]1CO. The van der Waals surface area contributed by atoms with Crippen LogP contribution in [0.5, 0.6) is 0 Å². The lowest BCUT2D eigenvalue weighted by Gasteiger charge is -2.44. The molecular weight excluding hydrogens is 198 g/mol. The summed E-state index contributed by atoms with van der Waals surface area (Å²) in [6.07, 6.45) is -1.28. The highest BCUT2D eigenvalue weighted by atomic mass is 16.4. The summed E-state index contributed by atoms with van der Waals surface area (Å²) in [7, 11) is 0. The van der Waals surface area contributed by atoms with Gasteiger partial charge in [-0.05, 0) is 20.8 Å². The molecule has 1 amide bonds. The summed E-state index contributed by atoms with van der Waals surface area (Å²) >= 11 is 0. The minimum absolute atomic E-state index is 0.259. The van der Waals surface area contributed by atoms with Crippen molar-refractivity contribution in [1.82, 2.24) is 0 Å². The molecule has 0 aromatic rings. The van der Waals surface area contributed by atoms with Crippen LogP contribution in [-0.2, 0) is 0 Å². The van der Waals surface area contributed by atoms with Crippen LogP contribution in [-0.4, -0.2) is 56.7 Å². The van der Waals surface area contributed by atoms with Crippen molar-refractivity contribution in [3.8, 4) is 0 Å². The van der Waals surface area contributed by atoms with Crippen LogP contribution in [0.4, 0.5) is 4.79 Å². The minimum atomic E-state index is -0.974. The van der Waals surface area contributed by atoms with Crippen molar-refractivity contribution in [3.05, 3.63) is 0 Å². The summed E-state index contributed by atoms with van der Waals surface area (Å²) in [4.78, 5) is 11.4. The lowest BCUT2D eigenvalue weighted by molar-refractivity contribution is -0.916. The van der Waals surface area contributed by atoms with Gasteiger partial charge in [-0.2, -0.15) is 4.79 Å². The molecule has 15 heavy (non-hydrogen) atoms. The Morgan fingerprint density at radius 3 is 2.27 bits per heavy atom. The lowest BCUT2D eigenvalue weighted by Crippen LogP contribution is -2.67. The molecule has 3 N–H and O–H groups in total. The molecule has 1 aliphatic rings. The summed E-state index contributed by atoms with van der Waals surface area (Å²) in [5, 5.41) is 28.3. The first-order valence-electron chi connectivity index (χ1n) is 5.17. The van der Waals surface area contributed by atoms with Gasteiger partial charge in [-0.25, -0.2) is 4.48 Å². The number of likely N-dealkylation sites (tertiary alicyclic amines) is 1. The van der Waals surface area contributed by atoms with Gasteiger partial charge in [0.1, 0.15) is 17.7 Å². The highest BCUT2D eigenvalue weighted by molar-refractivity contribution is 5.58. The second-order valence-electron chi connectivity index (χ2n) is 5.15. The van der Waals surface area contributed by atoms with Gasteiger partial charge in [0, 0.05) is 6.42 Å².